The van der Waals surface area contributed by atoms with Gasteiger partial charge in [0.25, 0.3) is 0 Å². The van der Waals surface area contributed by atoms with Crippen LogP contribution in [0.2, 0.25) is 0 Å². The van der Waals surface area contributed by atoms with E-state index in [4.69, 9.17) is 5.73 Å². The molecule has 0 aromatic carbocycles. The predicted octanol–water partition coefficient (Wildman–Crippen LogP) is 1.46. The number of H-pyrrole nitrogens is 1. The van der Waals surface area contributed by atoms with Crippen molar-refractivity contribution in [3.05, 3.63) is 11.8 Å². The van der Waals surface area contributed by atoms with E-state index in [2.05, 4.69) is 21.2 Å². The standard InChI is InChI=1S/C12H20N4/c13-8-9-3-5-16(6-4-9)12-7-11(14-15-12)10-1-2-10/h7,9-10H,1-6,8,13H2,(H,14,15). The van der Waals surface area contributed by atoms with Crippen LogP contribution >= 0.6 is 0 Å². The van der Waals surface area contributed by atoms with Crippen molar-refractivity contribution >= 4 is 5.82 Å². The summed E-state index contributed by atoms with van der Waals surface area (Å²) in [6.45, 7) is 3.05. The Hall–Kier alpha value is -1.03. The van der Waals surface area contributed by atoms with Crippen LogP contribution in [0.25, 0.3) is 0 Å². The fourth-order valence-corrected chi connectivity index (χ4v) is 2.49. The number of nitrogens with two attached hydrogens (primary N) is 1. The zero-order chi connectivity index (χ0) is 11.0. The third-order valence-corrected chi connectivity index (χ3v) is 3.87. The molecule has 1 saturated carbocycles. The molecule has 3 N–H and O–H groups in total. The molecule has 1 saturated heterocycles. The van der Waals surface area contributed by atoms with Crippen molar-refractivity contribution in [3.8, 4) is 0 Å². The Morgan fingerprint density at radius 3 is 2.69 bits per heavy atom. The molecule has 0 atom stereocenters. The number of anilines is 1. The largest absolute Gasteiger partial charge is 0.355 e. The molecule has 2 aliphatic rings. The number of nitrogens with zero attached hydrogens (tertiary/aromatic N) is 2. The molecule has 0 radical (unpaired) electrons. The summed E-state index contributed by atoms with van der Waals surface area (Å²) in [6, 6.07) is 2.24. The molecule has 16 heavy (non-hydrogen) atoms. The summed E-state index contributed by atoms with van der Waals surface area (Å²) in [4.78, 5) is 2.38. The molecule has 0 unspecified atom stereocenters. The van der Waals surface area contributed by atoms with Gasteiger partial charge in [0.05, 0.1) is 0 Å². The van der Waals surface area contributed by atoms with Crippen LogP contribution in [-0.2, 0) is 0 Å². The number of hydrogen-bond acceptors (Lipinski definition) is 3. The first-order chi connectivity index (χ1) is 7.86. The Morgan fingerprint density at radius 2 is 2.06 bits per heavy atom. The third kappa shape index (κ3) is 1.94. The van der Waals surface area contributed by atoms with Gasteiger partial charge in [-0.15, -0.1) is 0 Å². The van der Waals surface area contributed by atoms with Gasteiger partial charge in [0.15, 0.2) is 5.82 Å². The quantitative estimate of drug-likeness (QED) is 0.811. The lowest BCUT2D eigenvalue weighted by Gasteiger charge is -2.31. The van der Waals surface area contributed by atoms with E-state index in [-0.39, 0.29) is 0 Å². The maximum absolute atomic E-state index is 5.70. The van der Waals surface area contributed by atoms with E-state index in [1.54, 1.807) is 0 Å². The SMILES string of the molecule is NCC1CCN(c2cc(C3CC3)[nH]n2)CC1. The summed E-state index contributed by atoms with van der Waals surface area (Å²) in [6.07, 6.45) is 5.08. The Bertz CT molecular complexity index is 348. The average Bonchev–Trinajstić information content (AvgIpc) is 3.08. The lowest BCUT2D eigenvalue weighted by Crippen LogP contribution is -2.36. The van der Waals surface area contributed by atoms with Crippen molar-refractivity contribution in [1.29, 1.82) is 0 Å². The van der Waals surface area contributed by atoms with E-state index in [9.17, 15) is 0 Å². The van der Waals surface area contributed by atoms with E-state index in [1.165, 1.54) is 31.4 Å². The molecule has 0 spiro atoms. The highest BCUT2D eigenvalue weighted by atomic mass is 15.3. The van der Waals surface area contributed by atoms with Gasteiger partial charge in [-0.3, -0.25) is 5.10 Å². The predicted molar refractivity (Wildman–Crippen MR) is 64.6 cm³/mol. The van der Waals surface area contributed by atoms with Crippen LogP contribution in [0.5, 0.6) is 0 Å². The molecule has 0 amide bonds. The molecule has 4 heteroatoms. The van der Waals surface area contributed by atoms with Gasteiger partial charge in [0.2, 0.25) is 0 Å². The van der Waals surface area contributed by atoms with Crippen LogP contribution in [0, 0.1) is 5.92 Å². The van der Waals surface area contributed by atoms with Crippen LogP contribution in [0.15, 0.2) is 6.07 Å². The normalized spacial score (nSPS) is 22.7. The zero-order valence-corrected chi connectivity index (χ0v) is 9.65. The van der Waals surface area contributed by atoms with Gasteiger partial charge in [-0.05, 0) is 38.1 Å². The molecule has 2 fully saturated rings. The summed E-state index contributed by atoms with van der Waals surface area (Å²) in [5, 5.41) is 7.60. The van der Waals surface area contributed by atoms with Crippen molar-refractivity contribution in [2.75, 3.05) is 24.5 Å². The first-order valence-electron chi connectivity index (χ1n) is 6.37. The van der Waals surface area contributed by atoms with Crippen LogP contribution in [0.4, 0.5) is 5.82 Å². The van der Waals surface area contributed by atoms with Gasteiger partial charge in [0.1, 0.15) is 0 Å². The summed E-state index contributed by atoms with van der Waals surface area (Å²) in [5.74, 6) is 2.62. The van der Waals surface area contributed by atoms with Crippen molar-refractivity contribution in [3.63, 3.8) is 0 Å². The number of rotatable bonds is 3. The first kappa shape index (κ1) is 10.1. The molecule has 2 heterocycles. The highest BCUT2D eigenvalue weighted by Crippen LogP contribution is 2.40. The van der Waals surface area contributed by atoms with Crippen molar-refractivity contribution in [2.24, 2.45) is 11.7 Å². The monoisotopic (exact) mass is 220 g/mol. The smallest absolute Gasteiger partial charge is 0.150 e. The molecular weight excluding hydrogens is 200 g/mol. The Kier molecular flexibility index (Phi) is 2.59. The summed E-state index contributed by atoms with van der Waals surface area (Å²) >= 11 is 0. The highest BCUT2D eigenvalue weighted by Gasteiger charge is 2.27. The number of hydrogen-bond donors (Lipinski definition) is 2. The van der Waals surface area contributed by atoms with Crippen LogP contribution < -0.4 is 10.6 Å². The fraction of sp³-hybridized carbons (Fsp3) is 0.750. The number of piperidine rings is 1. The average molecular weight is 220 g/mol. The Morgan fingerprint density at radius 1 is 1.31 bits per heavy atom. The van der Waals surface area contributed by atoms with Gasteiger partial charge in [0, 0.05) is 30.8 Å². The van der Waals surface area contributed by atoms with Gasteiger partial charge in [-0.2, -0.15) is 5.10 Å². The van der Waals surface area contributed by atoms with Crippen molar-refractivity contribution in [2.45, 2.75) is 31.6 Å². The second-order valence-corrected chi connectivity index (χ2v) is 5.12. The minimum absolute atomic E-state index is 0.720. The van der Waals surface area contributed by atoms with E-state index < -0.39 is 0 Å². The third-order valence-electron chi connectivity index (χ3n) is 3.87. The topological polar surface area (TPSA) is 57.9 Å². The second-order valence-electron chi connectivity index (χ2n) is 5.12. The summed E-state index contributed by atoms with van der Waals surface area (Å²) < 4.78 is 0. The zero-order valence-electron chi connectivity index (χ0n) is 9.65. The summed E-state index contributed by atoms with van der Waals surface area (Å²) in [7, 11) is 0. The van der Waals surface area contributed by atoms with Gasteiger partial charge < -0.3 is 10.6 Å². The maximum Gasteiger partial charge on any atom is 0.150 e. The van der Waals surface area contributed by atoms with Crippen LogP contribution in [-0.4, -0.2) is 29.8 Å². The fourth-order valence-electron chi connectivity index (χ4n) is 2.49. The molecule has 4 nitrogen and oxygen atoms in total. The Balaban J connectivity index is 1.63. The maximum atomic E-state index is 5.70. The molecular formula is C12H20N4. The van der Waals surface area contributed by atoms with E-state index in [1.807, 2.05) is 0 Å². The van der Waals surface area contributed by atoms with Crippen molar-refractivity contribution in [1.82, 2.24) is 10.2 Å². The second kappa shape index (κ2) is 4.09. The Labute approximate surface area is 96.2 Å². The molecule has 1 aliphatic heterocycles. The highest BCUT2D eigenvalue weighted by molar-refractivity contribution is 5.41. The number of aromatic amines is 1. The van der Waals surface area contributed by atoms with E-state index in [0.29, 0.717) is 0 Å². The van der Waals surface area contributed by atoms with Gasteiger partial charge in [-0.1, -0.05) is 0 Å². The van der Waals surface area contributed by atoms with Gasteiger partial charge in [-0.25, -0.2) is 0 Å². The molecule has 1 aliphatic carbocycles. The van der Waals surface area contributed by atoms with Crippen LogP contribution in [0.3, 0.4) is 0 Å². The number of aromatic nitrogens is 2. The van der Waals surface area contributed by atoms with E-state index >= 15 is 0 Å². The molecule has 0 bridgehead atoms. The lowest BCUT2D eigenvalue weighted by atomic mass is 9.97. The van der Waals surface area contributed by atoms with E-state index in [0.717, 1.165) is 37.3 Å². The van der Waals surface area contributed by atoms with Gasteiger partial charge >= 0.3 is 0 Å². The molecule has 3 rings (SSSR count). The molecule has 1 aromatic rings. The van der Waals surface area contributed by atoms with Crippen molar-refractivity contribution < 1.29 is 0 Å². The summed E-state index contributed by atoms with van der Waals surface area (Å²) in [5.41, 5.74) is 7.03. The molecule has 88 valence electrons. The van der Waals surface area contributed by atoms with Crippen LogP contribution in [0.1, 0.15) is 37.3 Å². The first-order valence-corrected chi connectivity index (χ1v) is 6.37. The minimum atomic E-state index is 0.720. The minimum Gasteiger partial charge on any atom is -0.355 e. The number of nitrogens with one attached hydrogen (secondary N) is 1. The molecule has 1 aromatic heterocycles. The lowest BCUT2D eigenvalue weighted by molar-refractivity contribution is 0.413.